The van der Waals surface area contributed by atoms with Crippen LogP contribution in [-0.4, -0.2) is 61.5 Å². The van der Waals surface area contributed by atoms with E-state index in [9.17, 15) is 19.2 Å². The Morgan fingerprint density at radius 1 is 1.24 bits per heavy atom. The van der Waals surface area contributed by atoms with Gasteiger partial charge in [0.25, 0.3) is 0 Å². The van der Waals surface area contributed by atoms with Crippen molar-refractivity contribution in [2.24, 2.45) is 5.92 Å². The molecule has 0 saturated carbocycles. The first kappa shape index (κ1) is 16.9. The average Bonchev–Trinajstić information content (AvgIpc) is 2.84. The topological polar surface area (TPSA) is 102 Å². The van der Waals surface area contributed by atoms with Gasteiger partial charge < -0.3 is 19.7 Å². The number of Topliss-reactive ketones (excluding diaryl/α,β-unsaturated/α-hetero) is 1. The van der Waals surface area contributed by atoms with Gasteiger partial charge in [0.15, 0.2) is 5.78 Å². The quantitative estimate of drug-likeness (QED) is 0.716. The van der Waals surface area contributed by atoms with Crippen LogP contribution in [0.4, 0.5) is 4.79 Å². The number of alkyl carbamates (subject to hydrolysis) is 1. The van der Waals surface area contributed by atoms with Crippen LogP contribution < -0.4 is 5.32 Å². The molecule has 1 rings (SSSR count). The molecule has 1 saturated heterocycles. The van der Waals surface area contributed by atoms with Gasteiger partial charge in [0.2, 0.25) is 5.91 Å². The molecule has 1 unspecified atom stereocenters. The maximum absolute atomic E-state index is 12.5. The van der Waals surface area contributed by atoms with Crippen molar-refractivity contribution >= 4 is 23.8 Å². The average molecular weight is 300 g/mol. The highest BCUT2D eigenvalue weighted by atomic mass is 16.5. The van der Waals surface area contributed by atoms with Crippen molar-refractivity contribution < 1.29 is 28.7 Å². The lowest BCUT2D eigenvalue weighted by Gasteiger charge is -2.28. The normalized spacial score (nSPS) is 19.4. The number of amides is 2. The van der Waals surface area contributed by atoms with Crippen LogP contribution in [0.3, 0.4) is 0 Å². The number of hydrogen-bond acceptors (Lipinski definition) is 6. The van der Waals surface area contributed by atoms with Crippen molar-refractivity contribution in [3.63, 3.8) is 0 Å². The molecule has 1 aliphatic heterocycles. The first-order valence-corrected chi connectivity index (χ1v) is 6.56. The zero-order valence-corrected chi connectivity index (χ0v) is 12.5. The minimum Gasteiger partial charge on any atom is -0.467 e. The fourth-order valence-corrected chi connectivity index (χ4v) is 2.15. The number of likely N-dealkylation sites (tertiary alicyclic amines) is 1. The summed E-state index contributed by atoms with van der Waals surface area (Å²) < 4.78 is 9.09. The molecule has 0 bridgehead atoms. The zero-order chi connectivity index (χ0) is 16.2. The molecule has 1 fully saturated rings. The van der Waals surface area contributed by atoms with Crippen LogP contribution in [0, 0.1) is 5.92 Å². The van der Waals surface area contributed by atoms with E-state index >= 15 is 0 Å². The summed E-state index contributed by atoms with van der Waals surface area (Å²) in [4.78, 5) is 48.2. The Bertz CT molecular complexity index is 448. The number of ether oxygens (including phenoxy) is 2. The van der Waals surface area contributed by atoms with E-state index in [1.807, 2.05) is 0 Å². The van der Waals surface area contributed by atoms with E-state index in [1.165, 1.54) is 14.2 Å². The first-order chi connectivity index (χ1) is 9.81. The second-order valence-electron chi connectivity index (χ2n) is 5.11. The molecule has 1 heterocycles. The van der Waals surface area contributed by atoms with Gasteiger partial charge in [0.05, 0.1) is 20.8 Å². The molecular formula is C13H20N2O6. The molecule has 8 nitrogen and oxygen atoms in total. The van der Waals surface area contributed by atoms with Gasteiger partial charge in [-0.1, -0.05) is 13.8 Å². The molecule has 1 aliphatic rings. The summed E-state index contributed by atoms with van der Waals surface area (Å²) in [6, 6.07) is -1.81. The third-order valence-corrected chi connectivity index (χ3v) is 3.29. The third kappa shape index (κ3) is 3.93. The van der Waals surface area contributed by atoms with Gasteiger partial charge in [0.1, 0.15) is 12.1 Å². The summed E-state index contributed by atoms with van der Waals surface area (Å²) in [5.74, 6) is -1.60. The van der Waals surface area contributed by atoms with Gasteiger partial charge in [-0.3, -0.25) is 9.59 Å². The number of methoxy groups -OCH3 is 2. The Morgan fingerprint density at radius 2 is 1.86 bits per heavy atom. The first-order valence-electron chi connectivity index (χ1n) is 6.56. The summed E-state index contributed by atoms with van der Waals surface area (Å²) in [7, 11) is 2.38. The summed E-state index contributed by atoms with van der Waals surface area (Å²) >= 11 is 0. The predicted octanol–water partition coefficient (Wildman–Crippen LogP) is -0.290. The van der Waals surface area contributed by atoms with Gasteiger partial charge in [0, 0.05) is 6.42 Å². The number of nitrogens with one attached hydrogen (secondary N) is 1. The van der Waals surface area contributed by atoms with Gasteiger partial charge in [-0.05, 0) is 5.92 Å². The predicted molar refractivity (Wildman–Crippen MR) is 71.3 cm³/mol. The molecule has 2 amide bonds. The number of carbonyl (C=O) groups is 4. The van der Waals surface area contributed by atoms with Crippen LogP contribution in [0.5, 0.6) is 0 Å². The van der Waals surface area contributed by atoms with E-state index in [4.69, 9.17) is 0 Å². The minimum atomic E-state index is -0.935. The van der Waals surface area contributed by atoms with Crippen LogP contribution >= 0.6 is 0 Å². The Kier molecular flexibility index (Phi) is 5.69. The van der Waals surface area contributed by atoms with E-state index in [1.54, 1.807) is 13.8 Å². The van der Waals surface area contributed by atoms with Crippen molar-refractivity contribution in [1.29, 1.82) is 0 Å². The third-order valence-electron chi connectivity index (χ3n) is 3.29. The van der Waals surface area contributed by atoms with Crippen molar-refractivity contribution in [2.45, 2.75) is 32.4 Å². The van der Waals surface area contributed by atoms with E-state index in [2.05, 4.69) is 14.8 Å². The van der Waals surface area contributed by atoms with Crippen LogP contribution in [0.1, 0.15) is 20.3 Å². The zero-order valence-electron chi connectivity index (χ0n) is 12.5. The van der Waals surface area contributed by atoms with Gasteiger partial charge in [-0.15, -0.1) is 0 Å². The summed E-state index contributed by atoms with van der Waals surface area (Å²) in [6.45, 7) is 3.32. The SMILES string of the molecule is COC(=O)N[C@H](C(=O)N1CC(=O)CC1C(=O)OC)C(C)C. The van der Waals surface area contributed by atoms with Crippen LogP contribution in [0.15, 0.2) is 0 Å². The molecule has 1 N–H and O–H groups in total. The highest BCUT2D eigenvalue weighted by Gasteiger charge is 2.42. The second-order valence-corrected chi connectivity index (χ2v) is 5.11. The van der Waals surface area contributed by atoms with E-state index < -0.39 is 30.1 Å². The molecule has 0 aliphatic carbocycles. The highest BCUT2D eigenvalue weighted by molar-refractivity contribution is 5.99. The maximum Gasteiger partial charge on any atom is 0.407 e. The van der Waals surface area contributed by atoms with E-state index in [0.29, 0.717) is 0 Å². The highest BCUT2D eigenvalue weighted by Crippen LogP contribution is 2.19. The molecular weight excluding hydrogens is 280 g/mol. The van der Waals surface area contributed by atoms with E-state index in [0.717, 1.165) is 4.90 Å². The van der Waals surface area contributed by atoms with Crippen LogP contribution in [0.2, 0.25) is 0 Å². The monoisotopic (exact) mass is 300 g/mol. The minimum absolute atomic E-state index is 0.0680. The standard InChI is InChI=1S/C13H20N2O6/c1-7(2)10(14-13(19)21-4)11(17)15-6-8(16)5-9(15)12(18)20-3/h7,9-10H,5-6H2,1-4H3,(H,14,19)/t9?,10-/m0/s1. The number of rotatable bonds is 4. The Balaban J connectivity index is 2.93. The van der Waals surface area contributed by atoms with Crippen molar-refractivity contribution in [2.75, 3.05) is 20.8 Å². The van der Waals surface area contributed by atoms with Gasteiger partial charge >= 0.3 is 12.1 Å². The lowest BCUT2D eigenvalue weighted by molar-refractivity contribution is -0.151. The molecule has 0 aromatic rings. The van der Waals surface area contributed by atoms with Crippen molar-refractivity contribution in [3.05, 3.63) is 0 Å². The summed E-state index contributed by atoms with van der Waals surface area (Å²) in [6.07, 6.45) is -0.816. The summed E-state index contributed by atoms with van der Waals surface area (Å²) in [5, 5.41) is 2.42. The second kappa shape index (κ2) is 7.05. The van der Waals surface area contributed by atoms with Crippen molar-refractivity contribution in [1.82, 2.24) is 10.2 Å². The molecule has 0 aromatic carbocycles. The molecule has 118 valence electrons. The molecule has 0 aromatic heterocycles. The van der Waals surface area contributed by atoms with Gasteiger partial charge in [-0.25, -0.2) is 9.59 Å². The number of ketones is 1. The maximum atomic E-state index is 12.5. The van der Waals surface area contributed by atoms with Crippen LogP contribution in [-0.2, 0) is 23.9 Å². The molecule has 0 radical (unpaired) electrons. The lowest BCUT2D eigenvalue weighted by Crippen LogP contribution is -2.54. The Labute approximate surface area is 122 Å². The number of nitrogens with zero attached hydrogens (tertiary/aromatic N) is 1. The molecule has 8 heteroatoms. The summed E-state index contributed by atoms with van der Waals surface area (Å²) in [5.41, 5.74) is 0. The Hall–Kier alpha value is -2.12. The molecule has 2 atom stereocenters. The number of esters is 1. The smallest absolute Gasteiger partial charge is 0.407 e. The lowest BCUT2D eigenvalue weighted by atomic mass is 10.0. The van der Waals surface area contributed by atoms with Gasteiger partial charge in [-0.2, -0.15) is 0 Å². The Morgan fingerprint density at radius 3 is 2.33 bits per heavy atom. The molecule has 21 heavy (non-hydrogen) atoms. The van der Waals surface area contributed by atoms with E-state index in [-0.39, 0.29) is 24.7 Å². The van der Waals surface area contributed by atoms with Crippen molar-refractivity contribution in [3.8, 4) is 0 Å². The fourth-order valence-electron chi connectivity index (χ4n) is 2.15. The number of hydrogen-bond donors (Lipinski definition) is 1. The number of carbonyl (C=O) groups excluding carboxylic acids is 4. The largest absolute Gasteiger partial charge is 0.467 e. The fraction of sp³-hybridized carbons (Fsp3) is 0.692. The van der Waals surface area contributed by atoms with Crippen LogP contribution in [0.25, 0.3) is 0 Å². The molecule has 0 spiro atoms.